The third-order valence-electron chi connectivity index (χ3n) is 2.60. The highest BCUT2D eigenvalue weighted by Gasteiger charge is 1.94. The van der Waals surface area contributed by atoms with E-state index in [1.54, 1.807) is 0 Å². The van der Waals surface area contributed by atoms with Crippen LogP contribution in [0.5, 0.6) is 0 Å². The summed E-state index contributed by atoms with van der Waals surface area (Å²) < 4.78 is 0. The summed E-state index contributed by atoms with van der Waals surface area (Å²) in [6.45, 7) is 21.0. The van der Waals surface area contributed by atoms with E-state index in [4.69, 9.17) is 10.2 Å². The van der Waals surface area contributed by atoms with Gasteiger partial charge in [0, 0.05) is 11.1 Å². The van der Waals surface area contributed by atoms with Crippen molar-refractivity contribution in [3.8, 4) is 0 Å². The summed E-state index contributed by atoms with van der Waals surface area (Å²) in [5, 5.41) is 15.8. The fourth-order valence-corrected chi connectivity index (χ4v) is 1.04. The molecule has 0 spiro atoms. The minimum atomic E-state index is -0.935. The number of hydrogen-bond donors (Lipinski definition) is 2. The first kappa shape index (κ1) is 23.4. The number of aliphatic carboxylic acids is 2. The number of rotatable bonds is 4. The van der Waals surface area contributed by atoms with Gasteiger partial charge in [-0.1, -0.05) is 61.7 Å². The molecule has 24 heavy (non-hydrogen) atoms. The molecule has 0 bridgehead atoms. The molecular weight excluding hydrogens is 304 g/mol. The molecule has 0 heterocycles. The minimum Gasteiger partial charge on any atom is -0.478 e. The van der Waals surface area contributed by atoms with Crippen LogP contribution in [0.25, 0.3) is 11.1 Å². The van der Waals surface area contributed by atoms with Crippen LogP contribution in [-0.2, 0) is 9.59 Å². The predicted molar refractivity (Wildman–Crippen MR) is 101 cm³/mol. The number of carbonyl (C=O) groups is 2. The van der Waals surface area contributed by atoms with E-state index < -0.39 is 11.9 Å². The molecule has 0 aliphatic rings. The van der Waals surface area contributed by atoms with Gasteiger partial charge in [-0.25, -0.2) is 9.59 Å². The molecule has 0 aromatic heterocycles. The van der Waals surface area contributed by atoms with Gasteiger partial charge in [0.1, 0.15) is 0 Å². The van der Waals surface area contributed by atoms with Crippen molar-refractivity contribution in [1.29, 1.82) is 0 Å². The molecule has 4 nitrogen and oxygen atoms in total. The van der Waals surface area contributed by atoms with Crippen molar-refractivity contribution >= 4 is 23.1 Å². The molecule has 4 heteroatoms. The third kappa shape index (κ3) is 11.7. The van der Waals surface area contributed by atoms with Gasteiger partial charge in [0.15, 0.2) is 0 Å². The molecule has 0 amide bonds. The van der Waals surface area contributed by atoms with E-state index in [9.17, 15) is 9.59 Å². The molecule has 2 N–H and O–H groups in total. The van der Waals surface area contributed by atoms with E-state index in [1.807, 2.05) is 13.8 Å². The maximum Gasteiger partial charge on any atom is 0.330 e. The third-order valence-corrected chi connectivity index (χ3v) is 2.60. The SMILES string of the molecule is C=C(C)C(=O)O.C=C(C)C(=O)O.C=C(C)c1ccc(C(=C)C)cc1. The summed E-state index contributed by atoms with van der Waals surface area (Å²) in [5.41, 5.74) is 4.94. The fourth-order valence-electron chi connectivity index (χ4n) is 1.04. The van der Waals surface area contributed by atoms with Gasteiger partial charge >= 0.3 is 11.9 Å². The van der Waals surface area contributed by atoms with E-state index in [1.165, 1.54) is 25.0 Å². The maximum atomic E-state index is 9.60. The molecule has 0 aliphatic carbocycles. The number of carboxylic acids is 2. The Kier molecular flexibility index (Phi) is 11.4. The van der Waals surface area contributed by atoms with E-state index in [2.05, 4.69) is 50.6 Å². The monoisotopic (exact) mass is 330 g/mol. The topological polar surface area (TPSA) is 74.6 Å². The lowest BCUT2D eigenvalue weighted by Gasteiger charge is -2.02. The Balaban J connectivity index is 0. The Morgan fingerprint density at radius 3 is 0.917 bits per heavy atom. The first-order chi connectivity index (χ1) is 10.9. The molecule has 0 atom stereocenters. The van der Waals surface area contributed by atoms with Crippen LogP contribution >= 0.6 is 0 Å². The highest BCUT2D eigenvalue weighted by molar-refractivity contribution is 5.85. The van der Waals surface area contributed by atoms with Crippen molar-refractivity contribution < 1.29 is 19.8 Å². The Hall–Kier alpha value is -2.88. The van der Waals surface area contributed by atoms with Crippen molar-refractivity contribution in [2.45, 2.75) is 27.7 Å². The summed E-state index contributed by atoms with van der Waals surface area (Å²) in [4.78, 5) is 19.2. The van der Waals surface area contributed by atoms with Gasteiger partial charge in [0.05, 0.1) is 0 Å². The van der Waals surface area contributed by atoms with Crippen LogP contribution in [0.15, 0.2) is 61.7 Å². The predicted octanol–water partition coefficient (Wildman–Crippen LogP) is 5.05. The highest BCUT2D eigenvalue weighted by atomic mass is 16.4. The molecule has 0 saturated carbocycles. The van der Waals surface area contributed by atoms with Crippen molar-refractivity contribution in [3.63, 3.8) is 0 Å². The molecule has 0 aliphatic heterocycles. The van der Waals surface area contributed by atoms with Crippen LogP contribution < -0.4 is 0 Å². The molecule has 0 fully saturated rings. The van der Waals surface area contributed by atoms with Crippen LogP contribution in [0.3, 0.4) is 0 Å². The summed E-state index contributed by atoms with van der Waals surface area (Å²) >= 11 is 0. The van der Waals surface area contributed by atoms with Crippen LogP contribution in [0, 0.1) is 0 Å². The number of hydrogen-bond acceptors (Lipinski definition) is 2. The van der Waals surface area contributed by atoms with Gasteiger partial charge in [-0.3, -0.25) is 0 Å². The van der Waals surface area contributed by atoms with Crippen LogP contribution in [-0.4, -0.2) is 22.2 Å². The lowest BCUT2D eigenvalue weighted by atomic mass is 10.0. The lowest BCUT2D eigenvalue weighted by Crippen LogP contribution is -1.92. The Bertz CT molecular complexity index is 553. The average Bonchev–Trinajstić information content (AvgIpc) is 2.48. The maximum absolute atomic E-state index is 9.60. The van der Waals surface area contributed by atoms with Gasteiger partial charge in [-0.05, 0) is 38.8 Å². The zero-order chi connectivity index (χ0) is 19.4. The molecule has 0 radical (unpaired) electrons. The van der Waals surface area contributed by atoms with Gasteiger partial charge in [0.2, 0.25) is 0 Å². The smallest absolute Gasteiger partial charge is 0.330 e. The fraction of sp³-hybridized carbons (Fsp3) is 0.200. The second-order valence-corrected chi connectivity index (χ2v) is 5.31. The minimum absolute atomic E-state index is 0.176. The average molecular weight is 330 g/mol. The van der Waals surface area contributed by atoms with Crippen molar-refractivity contribution in [2.75, 3.05) is 0 Å². The van der Waals surface area contributed by atoms with E-state index in [-0.39, 0.29) is 11.1 Å². The first-order valence-electron chi connectivity index (χ1n) is 7.09. The van der Waals surface area contributed by atoms with E-state index in [0.29, 0.717) is 0 Å². The zero-order valence-corrected chi connectivity index (χ0v) is 14.8. The standard InChI is InChI=1S/C12H14.2C4H6O2/c1-9(2)11-5-7-12(8-6-11)10(3)4;2*1-3(2)4(5)6/h5-8H,1,3H2,2,4H3;2*1H2,2H3,(H,5,6). The van der Waals surface area contributed by atoms with Crippen molar-refractivity contribution in [2.24, 2.45) is 0 Å². The summed E-state index contributed by atoms with van der Waals surface area (Å²) in [6.07, 6.45) is 0. The van der Waals surface area contributed by atoms with E-state index in [0.717, 1.165) is 11.1 Å². The molecule has 1 aromatic rings. The second-order valence-electron chi connectivity index (χ2n) is 5.31. The molecule has 130 valence electrons. The Morgan fingerprint density at radius 1 is 0.667 bits per heavy atom. The normalized spacial score (nSPS) is 8.50. The lowest BCUT2D eigenvalue weighted by molar-refractivity contribution is -0.133. The number of allylic oxidation sites excluding steroid dienone is 2. The summed E-state index contributed by atoms with van der Waals surface area (Å²) in [5.74, 6) is -1.87. The Labute approximate surface area is 144 Å². The number of carboxylic acid groups (broad SMARTS) is 2. The van der Waals surface area contributed by atoms with Crippen LogP contribution in [0.1, 0.15) is 38.8 Å². The van der Waals surface area contributed by atoms with Gasteiger partial charge in [-0.2, -0.15) is 0 Å². The van der Waals surface area contributed by atoms with Crippen LogP contribution in [0.4, 0.5) is 0 Å². The van der Waals surface area contributed by atoms with Gasteiger partial charge < -0.3 is 10.2 Å². The second kappa shape index (κ2) is 11.7. The number of benzene rings is 1. The van der Waals surface area contributed by atoms with E-state index >= 15 is 0 Å². The van der Waals surface area contributed by atoms with Crippen LogP contribution in [0.2, 0.25) is 0 Å². The highest BCUT2D eigenvalue weighted by Crippen LogP contribution is 2.16. The van der Waals surface area contributed by atoms with Crippen molar-refractivity contribution in [1.82, 2.24) is 0 Å². The van der Waals surface area contributed by atoms with Crippen molar-refractivity contribution in [3.05, 3.63) is 72.9 Å². The Morgan fingerprint density at radius 2 is 0.833 bits per heavy atom. The molecule has 1 rings (SSSR count). The quantitative estimate of drug-likeness (QED) is 0.758. The summed E-state index contributed by atoms with van der Waals surface area (Å²) in [6, 6.07) is 8.30. The first-order valence-corrected chi connectivity index (χ1v) is 7.09. The van der Waals surface area contributed by atoms with Gasteiger partial charge in [-0.15, -0.1) is 0 Å². The molecule has 1 aromatic carbocycles. The molecule has 0 unspecified atom stereocenters. The largest absolute Gasteiger partial charge is 0.478 e. The van der Waals surface area contributed by atoms with Gasteiger partial charge in [0.25, 0.3) is 0 Å². The molecular formula is C20H26O4. The summed E-state index contributed by atoms with van der Waals surface area (Å²) in [7, 11) is 0. The molecule has 0 saturated heterocycles. The zero-order valence-electron chi connectivity index (χ0n) is 14.8.